The number of carbonyl (C=O) groups is 1. The summed E-state index contributed by atoms with van der Waals surface area (Å²) in [5.74, 6) is 0.128. The first-order valence-corrected chi connectivity index (χ1v) is 8.13. The third-order valence-electron chi connectivity index (χ3n) is 4.54. The second-order valence-corrected chi connectivity index (χ2v) is 6.12. The number of para-hydroxylation sites is 2. The van der Waals surface area contributed by atoms with Crippen LogP contribution in [0.4, 0.5) is 6.01 Å². The van der Waals surface area contributed by atoms with Crippen LogP contribution in [0.3, 0.4) is 0 Å². The fourth-order valence-corrected chi connectivity index (χ4v) is 3.19. The van der Waals surface area contributed by atoms with E-state index in [1.807, 2.05) is 71.4 Å². The zero-order valence-electron chi connectivity index (χ0n) is 13.6. The van der Waals surface area contributed by atoms with E-state index < -0.39 is 0 Å². The number of carbonyl (C=O) groups excluding carboxylic acids is 1. The molecule has 0 N–H and O–H groups in total. The zero-order valence-corrected chi connectivity index (χ0v) is 13.6. The molecular formula is C19H19N3O2. The third kappa shape index (κ3) is 2.62. The van der Waals surface area contributed by atoms with Crippen LogP contribution >= 0.6 is 0 Å². The number of fused-ring (bicyclic) bond motifs is 1. The molecule has 24 heavy (non-hydrogen) atoms. The first-order chi connectivity index (χ1) is 11.7. The Morgan fingerprint density at radius 3 is 2.71 bits per heavy atom. The molecule has 1 unspecified atom stereocenters. The molecule has 0 aliphatic carbocycles. The molecule has 122 valence electrons. The maximum atomic E-state index is 12.8. The Morgan fingerprint density at radius 2 is 1.92 bits per heavy atom. The summed E-state index contributed by atoms with van der Waals surface area (Å²) in [4.78, 5) is 21.0. The van der Waals surface area contributed by atoms with E-state index >= 15 is 0 Å². The van der Waals surface area contributed by atoms with Gasteiger partial charge in [0.2, 0.25) is 5.91 Å². The number of hydrogen-bond donors (Lipinski definition) is 0. The molecule has 5 nitrogen and oxygen atoms in total. The van der Waals surface area contributed by atoms with E-state index in [-0.39, 0.29) is 11.9 Å². The monoisotopic (exact) mass is 321 g/mol. The Balaban J connectivity index is 1.51. The van der Waals surface area contributed by atoms with Crippen LogP contribution in [0.2, 0.25) is 0 Å². The molecule has 0 bridgehead atoms. The molecule has 1 atom stereocenters. The van der Waals surface area contributed by atoms with E-state index in [0.717, 1.165) is 29.6 Å². The molecule has 5 heteroatoms. The molecule has 1 amide bonds. The first-order valence-electron chi connectivity index (χ1n) is 8.13. The second-order valence-electron chi connectivity index (χ2n) is 6.12. The number of anilines is 1. The summed E-state index contributed by atoms with van der Waals surface area (Å²) in [6, 6.07) is 18.0. The van der Waals surface area contributed by atoms with E-state index in [2.05, 4.69) is 4.98 Å². The van der Waals surface area contributed by atoms with Crippen LogP contribution in [0.15, 0.2) is 59.0 Å². The van der Waals surface area contributed by atoms with E-state index in [0.29, 0.717) is 12.6 Å². The lowest BCUT2D eigenvalue weighted by molar-refractivity contribution is -0.129. The fraction of sp³-hybridized carbons (Fsp3) is 0.263. The van der Waals surface area contributed by atoms with Gasteiger partial charge in [0, 0.05) is 20.1 Å². The van der Waals surface area contributed by atoms with E-state index in [1.165, 1.54) is 0 Å². The number of amides is 1. The SMILES string of the molecule is CN(c1nc2ccccc2o1)C1CCN(Cc2ccccc2)C1=O. The van der Waals surface area contributed by atoms with E-state index in [1.54, 1.807) is 0 Å². The van der Waals surface area contributed by atoms with Crippen LogP contribution in [0.5, 0.6) is 0 Å². The highest BCUT2D eigenvalue weighted by atomic mass is 16.4. The van der Waals surface area contributed by atoms with Crippen molar-refractivity contribution in [2.45, 2.75) is 19.0 Å². The highest BCUT2D eigenvalue weighted by molar-refractivity contribution is 5.87. The minimum Gasteiger partial charge on any atom is -0.423 e. The molecule has 0 spiro atoms. The van der Waals surface area contributed by atoms with Crippen LogP contribution < -0.4 is 4.90 Å². The Morgan fingerprint density at radius 1 is 1.17 bits per heavy atom. The molecule has 4 rings (SSSR count). The van der Waals surface area contributed by atoms with Crippen molar-refractivity contribution in [3.8, 4) is 0 Å². The van der Waals surface area contributed by atoms with Crippen molar-refractivity contribution in [2.24, 2.45) is 0 Å². The largest absolute Gasteiger partial charge is 0.423 e. The molecule has 3 aromatic rings. The van der Waals surface area contributed by atoms with E-state index in [9.17, 15) is 4.79 Å². The highest BCUT2D eigenvalue weighted by Crippen LogP contribution is 2.26. The molecule has 0 saturated carbocycles. The van der Waals surface area contributed by atoms with Crippen LogP contribution in [-0.2, 0) is 11.3 Å². The maximum absolute atomic E-state index is 12.8. The standard InChI is InChI=1S/C19H19N3O2/c1-21(19-20-15-9-5-6-10-17(15)24-19)16-11-12-22(18(16)23)13-14-7-3-2-4-8-14/h2-10,16H,11-13H2,1H3. The van der Waals surface area contributed by atoms with Crippen molar-refractivity contribution < 1.29 is 9.21 Å². The number of benzene rings is 2. The van der Waals surface area contributed by atoms with Crippen molar-refractivity contribution in [1.29, 1.82) is 0 Å². The lowest BCUT2D eigenvalue weighted by atomic mass is 10.2. The number of likely N-dealkylation sites (N-methyl/N-ethyl adjacent to an activating group) is 1. The lowest BCUT2D eigenvalue weighted by Gasteiger charge is -2.22. The van der Waals surface area contributed by atoms with Crippen molar-refractivity contribution in [2.75, 3.05) is 18.5 Å². The van der Waals surface area contributed by atoms with Gasteiger partial charge >= 0.3 is 0 Å². The summed E-state index contributed by atoms with van der Waals surface area (Å²) in [5, 5.41) is 0. The van der Waals surface area contributed by atoms with Crippen LogP contribution in [0.1, 0.15) is 12.0 Å². The molecular weight excluding hydrogens is 302 g/mol. The van der Waals surface area contributed by atoms with Crippen LogP contribution in [-0.4, -0.2) is 35.4 Å². The quantitative estimate of drug-likeness (QED) is 0.741. The van der Waals surface area contributed by atoms with Gasteiger partial charge in [-0.25, -0.2) is 0 Å². The Hall–Kier alpha value is -2.82. The molecule has 1 aliphatic rings. The van der Waals surface area contributed by atoms with Gasteiger partial charge in [0.15, 0.2) is 5.58 Å². The summed E-state index contributed by atoms with van der Waals surface area (Å²) in [6.07, 6.45) is 0.779. The molecule has 1 aromatic heterocycles. The minimum atomic E-state index is -0.221. The number of rotatable bonds is 4. The smallest absolute Gasteiger partial charge is 0.298 e. The summed E-state index contributed by atoms with van der Waals surface area (Å²) < 4.78 is 5.79. The second kappa shape index (κ2) is 6.00. The number of likely N-dealkylation sites (tertiary alicyclic amines) is 1. The predicted molar refractivity (Wildman–Crippen MR) is 92.7 cm³/mol. The van der Waals surface area contributed by atoms with Crippen molar-refractivity contribution in [3.63, 3.8) is 0 Å². The molecule has 1 saturated heterocycles. The van der Waals surface area contributed by atoms with Gasteiger partial charge in [0.05, 0.1) is 0 Å². The Bertz CT molecular complexity index is 826. The number of aromatic nitrogens is 1. The van der Waals surface area contributed by atoms with Gasteiger partial charge in [-0.1, -0.05) is 42.5 Å². The van der Waals surface area contributed by atoms with Crippen molar-refractivity contribution in [1.82, 2.24) is 9.88 Å². The van der Waals surface area contributed by atoms with Gasteiger partial charge in [-0.05, 0) is 24.1 Å². The van der Waals surface area contributed by atoms with Gasteiger partial charge in [-0.3, -0.25) is 4.79 Å². The zero-order chi connectivity index (χ0) is 16.5. The van der Waals surface area contributed by atoms with Crippen molar-refractivity contribution in [3.05, 3.63) is 60.2 Å². The average molecular weight is 321 g/mol. The third-order valence-corrected chi connectivity index (χ3v) is 4.54. The average Bonchev–Trinajstić information content (AvgIpc) is 3.20. The fourth-order valence-electron chi connectivity index (χ4n) is 3.19. The maximum Gasteiger partial charge on any atom is 0.298 e. The summed E-state index contributed by atoms with van der Waals surface area (Å²) in [7, 11) is 1.87. The molecule has 2 heterocycles. The van der Waals surface area contributed by atoms with Crippen LogP contribution in [0.25, 0.3) is 11.1 Å². The van der Waals surface area contributed by atoms with Crippen LogP contribution in [0, 0.1) is 0 Å². The minimum absolute atomic E-state index is 0.128. The molecule has 1 aliphatic heterocycles. The normalized spacial score (nSPS) is 17.6. The summed E-state index contributed by atoms with van der Waals surface area (Å²) in [6.45, 7) is 1.40. The molecule has 1 fully saturated rings. The van der Waals surface area contributed by atoms with Gasteiger partial charge < -0.3 is 14.2 Å². The van der Waals surface area contributed by atoms with Gasteiger partial charge in [-0.15, -0.1) is 0 Å². The number of nitrogens with zero attached hydrogens (tertiary/aromatic N) is 3. The lowest BCUT2D eigenvalue weighted by Crippen LogP contribution is -2.39. The van der Waals surface area contributed by atoms with Gasteiger partial charge in [0.1, 0.15) is 11.6 Å². The van der Waals surface area contributed by atoms with Crippen molar-refractivity contribution >= 4 is 23.0 Å². The first kappa shape index (κ1) is 14.8. The number of hydrogen-bond acceptors (Lipinski definition) is 4. The number of oxazole rings is 1. The van der Waals surface area contributed by atoms with Gasteiger partial charge in [0.25, 0.3) is 6.01 Å². The molecule has 0 radical (unpaired) electrons. The Labute approximate surface area is 140 Å². The summed E-state index contributed by atoms with van der Waals surface area (Å²) in [5.41, 5.74) is 2.70. The van der Waals surface area contributed by atoms with Gasteiger partial charge in [-0.2, -0.15) is 4.98 Å². The highest BCUT2D eigenvalue weighted by Gasteiger charge is 2.36. The Kier molecular flexibility index (Phi) is 3.69. The topological polar surface area (TPSA) is 49.6 Å². The van der Waals surface area contributed by atoms with E-state index in [4.69, 9.17) is 4.42 Å². The summed E-state index contributed by atoms with van der Waals surface area (Å²) >= 11 is 0. The molecule has 2 aromatic carbocycles. The predicted octanol–water partition coefficient (Wildman–Crippen LogP) is 3.07.